The van der Waals surface area contributed by atoms with E-state index in [1.54, 1.807) is 0 Å². The van der Waals surface area contributed by atoms with E-state index in [0.29, 0.717) is 18.7 Å². The highest BCUT2D eigenvalue weighted by atomic mass is 16.6. The van der Waals surface area contributed by atoms with E-state index < -0.39 is 11.0 Å². The van der Waals surface area contributed by atoms with Crippen LogP contribution in [0.5, 0.6) is 5.75 Å². The quantitative estimate of drug-likeness (QED) is 0.572. The van der Waals surface area contributed by atoms with Gasteiger partial charge in [0.25, 0.3) is 5.69 Å². The Hall–Kier alpha value is -2.31. The molecule has 1 unspecified atom stereocenters. The summed E-state index contributed by atoms with van der Waals surface area (Å²) in [7, 11) is 0. The summed E-state index contributed by atoms with van der Waals surface area (Å²) in [5, 5.41) is 21.1. The van der Waals surface area contributed by atoms with Gasteiger partial charge >= 0.3 is 0 Å². The maximum atomic E-state index is 10.6. The fraction of sp³-hybridized carbons (Fsp3) is 0.364. The first-order chi connectivity index (χ1) is 8.56. The highest BCUT2D eigenvalue weighted by molar-refractivity contribution is 5.62. The number of nitro groups is 1. The fourth-order valence-electron chi connectivity index (χ4n) is 1.83. The van der Waals surface area contributed by atoms with Crippen molar-refractivity contribution >= 4 is 11.8 Å². The number of nitrogens with zero attached hydrogens (tertiary/aromatic N) is 2. The largest absolute Gasteiger partial charge is 0.530 e. The fourth-order valence-corrected chi connectivity index (χ4v) is 1.83. The second-order valence-electron chi connectivity index (χ2n) is 3.99. The van der Waals surface area contributed by atoms with E-state index in [9.17, 15) is 20.0 Å². The number of nitro benzene ring substituents is 1. The van der Waals surface area contributed by atoms with Crippen molar-refractivity contribution in [2.24, 2.45) is 0 Å². The molecule has 1 saturated heterocycles. The number of carbonyl (C=O) groups excluding carboxylic acids is 1. The molecule has 1 aliphatic rings. The summed E-state index contributed by atoms with van der Waals surface area (Å²) in [4.78, 5) is 21.8. The van der Waals surface area contributed by atoms with Crippen LogP contribution in [0.2, 0.25) is 0 Å². The minimum absolute atomic E-state index is 0.00913. The summed E-state index contributed by atoms with van der Waals surface area (Å²) in [5.74, 6) is 0.491. The van der Waals surface area contributed by atoms with Gasteiger partial charge in [0.05, 0.1) is 11.5 Å². The molecule has 0 aliphatic carbocycles. The molecule has 0 spiro atoms. The van der Waals surface area contributed by atoms with Gasteiger partial charge in [0, 0.05) is 25.1 Å². The van der Waals surface area contributed by atoms with Gasteiger partial charge in [-0.05, 0) is 12.1 Å². The van der Waals surface area contributed by atoms with E-state index in [2.05, 4.69) is 0 Å². The first-order valence-electron chi connectivity index (χ1n) is 5.43. The summed E-state index contributed by atoms with van der Waals surface area (Å²) in [5.41, 5.74) is -0.00913. The van der Waals surface area contributed by atoms with Crippen LogP contribution in [0.4, 0.5) is 10.5 Å². The third-order valence-electron chi connectivity index (χ3n) is 2.75. The van der Waals surface area contributed by atoms with Crippen molar-refractivity contribution in [1.82, 2.24) is 4.90 Å². The lowest BCUT2D eigenvalue weighted by atomic mass is 10.3. The summed E-state index contributed by atoms with van der Waals surface area (Å²) >= 11 is 0. The van der Waals surface area contributed by atoms with E-state index in [4.69, 9.17) is 4.74 Å². The van der Waals surface area contributed by atoms with Crippen molar-refractivity contribution in [3.05, 3.63) is 34.4 Å². The van der Waals surface area contributed by atoms with Gasteiger partial charge in [-0.15, -0.1) is 0 Å². The Morgan fingerprint density at radius 2 is 2.06 bits per heavy atom. The van der Waals surface area contributed by atoms with Crippen LogP contribution in [0, 0.1) is 10.1 Å². The van der Waals surface area contributed by atoms with Gasteiger partial charge in [0.2, 0.25) is 0 Å². The molecule has 96 valence electrons. The van der Waals surface area contributed by atoms with Gasteiger partial charge in [-0.25, -0.2) is 0 Å². The Morgan fingerprint density at radius 3 is 2.56 bits per heavy atom. The number of benzene rings is 1. The Labute approximate surface area is 103 Å². The van der Waals surface area contributed by atoms with Crippen LogP contribution >= 0.6 is 0 Å². The van der Waals surface area contributed by atoms with Crippen LogP contribution in [0.3, 0.4) is 0 Å². The number of carboxylic acid groups (broad SMARTS) is 1. The van der Waals surface area contributed by atoms with Gasteiger partial charge in [0.15, 0.2) is 0 Å². The van der Waals surface area contributed by atoms with Crippen LogP contribution in [-0.2, 0) is 0 Å². The molecule has 1 fully saturated rings. The van der Waals surface area contributed by atoms with Crippen LogP contribution < -0.4 is 9.84 Å². The number of amides is 1. The van der Waals surface area contributed by atoms with Gasteiger partial charge in [-0.1, -0.05) is 0 Å². The number of ether oxygens (including phenoxy) is 1. The molecular weight excluding hydrogens is 240 g/mol. The Kier molecular flexibility index (Phi) is 3.31. The normalized spacial score (nSPS) is 18.7. The van der Waals surface area contributed by atoms with Gasteiger partial charge in [0.1, 0.15) is 17.9 Å². The molecule has 1 aromatic rings. The van der Waals surface area contributed by atoms with Crippen LogP contribution in [0.1, 0.15) is 6.42 Å². The predicted molar refractivity (Wildman–Crippen MR) is 59.1 cm³/mol. The third kappa shape index (κ3) is 2.68. The van der Waals surface area contributed by atoms with Gasteiger partial charge in [-0.2, -0.15) is 0 Å². The van der Waals surface area contributed by atoms with Crippen LogP contribution in [-0.4, -0.2) is 35.1 Å². The number of hydrogen-bond donors (Lipinski definition) is 0. The lowest BCUT2D eigenvalue weighted by Gasteiger charge is -2.18. The molecular formula is C11H11N2O5-. The molecule has 7 nitrogen and oxygen atoms in total. The van der Waals surface area contributed by atoms with Crippen molar-refractivity contribution in [1.29, 1.82) is 0 Å². The lowest BCUT2D eigenvalue weighted by Crippen LogP contribution is -2.40. The van der Waals surface area contributed by atoms with Crippen LogP contribution in [0.25, 0.3) is 0 Å². The first kappa shape index (κ1) is 12.2. The Balaban J connectivity index is 1.94. The number of hydrogen-bond acceptors (Lipinski definition) is 5. The minimum Gasteiger partial charge on any atom is -0.530 e. The molecule has 1 aromatic carbocycles. The summed E-state index contributed by atoms with van der Waals surface area (Å²) < 4.78 is 5.54. The SMILES string of the molecule is O=C([O-])N1CCC(Oc2ccc([N+](=O)[O-])cc2)C1. The molecule has 0 aromatic heterocycles. The van der Waals surface area contributed by atoms with Crippen molar-refractivity contribution < 1.29 is 19.6 Å². The average molecular weight is 251 g/mol. The molecule has 0 bridgehead atoms. The zero-order valence-electron chi connectivity index (χ0n) is 9.44. The lowest BCUT2D eigenvalue weighted by molar-refractivity contribution is -0.384. The zero-order chi connectivity index (χ0) is 13.1. The molecule has 1 atom stereocenters. The topological polar surface area (TPSA) is 95.7 Å². The van der Waals surface area contributed by atoms with Gasteiger partial charge in [-0.3, -0.25) is 10.1 Å². The molecule has 2 rings (SSSR count). The number of non-ortho nitro benzene ring substituents is 1. The maximum absolute atomic E-state index is 10.6. The Bertz CT molecular complexity index is 459. The van der Waals surface area contributed by atoms with Crippen molar-refractivity contribution in [2.45, 2.75) is 12.5 Å². The molecule has 1 heterocycles. The summed E-state index contributed by atoms with van der Waals surface area (Å²) in [6, 6.07) is 5.70. The standard InChI is InChI=1S/C11H12N2O5/c14-11(15)12-6-5-10(7-12)18-9-3-1-8(2-4-9)13(16)17/h1-4,10H,5-7H2,(H,14,15)/p-1. The number of likely N-dealkylation sites (tertiary alicyclic amines) is 1. The minimum atomic E-state index is -1.20. The van der Waals surface area contributed by atoms with E-state index in [1.165, 1.54) is 29.2 Å². The molecule has 1 aliphatic heterocycles. The van der Waals surface area contributed by atoms with E-state index in [0.717, 1.165) is 0 Å². The smallest absolute Gasteiger partial charge is 0.269 e. The molecule has 1 amide bonds. The Morgan fingerprint density at radius 1 is 1.39 bits per heavy atom. The highest BCUT2D eigenvalue weighted by Gasteiger charge is 2.23. The summed E-state index contributed by atoms with van der Waals surface area (Å²) in [6.07, 6.45) is -0.848. The molecule has 18 heavy (non-hydrogen) atoms. The zero-order valence-corrected chi connectivity index (χ0v) is 9.44. The first-order valence-corrected chi connectivity index (χ1v) is 5.43. The van der Waals surface area contributed by atoms with Crippen molar-refractivity contribution in [3.8, 4) is 5.75 Å². The molecule has 0 N–H and O–H groups in total. The van der Waals surface area contributed by atoms with Crippen LogP contribution in [0.15, 0.2) is 24.3 Å². The van der Waals surface area contributed by atoms with E-state index in [-0.39, 0.29) is 18.3 Å². The number of rotatable bonds is 3. The van der Waals surface area contributed by atoms with Gasteiger partial charge < -0.3 is 19.5 Å². The maximum Gasteiger partial charge on any atom is 0.269 e. The molecule has 0 radical (unpaired) electrons. The molecule has 0 saturated carbocycles. The van der Waals surface area contributed by atoms with Crippen molar-refractivity contribution in [3.63, 3.8) is 0 Å². The predicted octanol–water partition coefficient (Wildman–Crippen LogP) is 0.391. The van der Waals surface area contributed by atoms with E-state index >= 15 is 0 Å². The third-order valence-corrected chi connectivity index (χ3v) is 2.75. The number of carbonyl (C=O) groups is 1. The summed E-state index contributed by atoms with van der Waals surface area (Å²) in [6.45, 7) is 0.652. The second-order valence-corrected chi connectivity index (χ2v) is 3.99. The average Bonchev–Trinajstić information content (AvgIpc) is 2.78. The monoisotopic (exact) mass is 251 g/mol. The van der Waals surface area contributed by atoms with Crippen molar-refractivity contribution in [2.75, 3.05) is 13.1 Å². The molecule has 7 heteroatoms. The van der Waals surface area contributed by atoms with E-state index in [1.807, 2.05) is 0 Å². The second kappa shape index (κ2) is 4.91. The highest BCUT2D eigenvalue weighted by Crippen LogP contribution is 2.21.